The third-order valence-electron chi connectivity index (χ3n) is 7.96. The Morgan fingerprint density at radius 1 is 0.640 bits per heavy atom. The van der Waals surface area contributed by atoms with Gasteiger partial charge < -0.3 is 0 Å². The van der Waals surface area contributed by atoms with E-state index < -0.39 is 0 Å². The van der Waals surface area contributed by atoms with E-state index in [1.165, 1.54) is 64.2 Å². The largest absolute Gasteiger partial charge is 0.148 e. The van der Waals surface area contributed by atoms with Crippen LogP contribution < -0.4 is 0 Å². The summed E-state index contributed by atoms with van der Waals surface area (Å²) in [6, 6.07) is 0. The van der Waals surface area contributed by atoms with Crippen molar-refractivity contribution in [1.29, 1.82) is 0 Å². The van der Waals surface area contributed by atoms with E-state index in [4.69, 9.17) is 0 Å². The van der Waals surface area contributed by atoms with Crippen molar-refractivity contribution < 1.29 is 0 Å². The van der Waals surface area contributed by atoms with Crippen molar-refractivity contribution in [1.82, 2.24) is 0 Å². The summed E-state index contributed by atoms with van der Waals surface area (Å²) in [7, 11) is 0. The normalized spacial score (nSPS) is 37.9. The quantitative estimate of drug-likeness (QED) is 0.480. The zero-order valence-electron chi connectivity index (χ0n) is 18.6. The summed E-state index contributed by atoms with van der Waals surface area (Å²) in [5, 5.41) is 0. The third-order valence-corrected chi connectivity index (χ3v) is 10.2. The molecule has 0 amide bonds. The zero-order valence-corrected chi connectivity index (χ0v) is 19.5. The van der Waals surface area contributed by atoms with E-state index in [2.05, 4.69) is 67.2 Å². The second kappa shape index (κ2) is 7.76. The highest BCUT2D eigenvalue weighted by Gasteiger charge is 2.46. The first kappa shape index (κ1) is 21.6. The first-order valence-corrected chi connectivity index (χ1v) is 12.0. The van der Waals surface area contributed by atoms with E-state index in [0.29, 0.717) is 20.3 Å². The molecule has 2 saturated carbocycles. The van der Waals surface area contributed by atoms with Crippen molar-refractivity contribution in [3.05, 3.63) is 0 Å². The van der Waals surface area contributed by atoms with Crippen LogP contribution in [0.5, 0.6) is 0 Å². The fraction of sp³-hybridized carbons (Fsp3) is 1.00. The number of hydrogen-bond acceptors (Lipinski definition) is 1. The summed E-state index contributed by atoms with van der Waals surface area (Å²) < 4.78 is 1.15. The minimum atomic E-state index is 0.498. The maximum Gasteiger partial charge on any atom is 0.0163 e. The summed E-state index contributed by atoms with van der Waals surface area (Å²) in [4.78, 5) is 0. The van der Waals surface area contributed by atoms with E-state index in [1.54, 1.807) is 0 Å². The molecule has 2 fully saturated rings. The van der Waals surface area contributed by atoms with Gasteiger partial charge in [0.2, 0.25) is 0 Å². The van der Waals surface area contributed by atoms with Crippen molar-refractivity contribution in [3.63, 3.8) is 0 Å². The molecule has 0 aromatic carbocycles. The molecule has 0 bridgehead atoms. The molecule has 0 spiro atoms. The molecule has 2 aliphatic rings. The summed E-state index contributed by atoms with van der Waals surface area (Å²) in [5.41, 5.74) is 0.996. The molecule has 0 saturated heterocycles. The second-order valence-electron chi connectivity index (χ2n) is 11.5. The van der Waals surface area contributed by atoms with Crippen LogP contribution in [0, 0.1) is 22.7 Å². The van der Waals surface area contributed by atoms with E-state index >= 15 is 0 Å². The van der Waals surface area contributed by atoms with Crippen molar-refractivity contribution in [2.75, 3.05) is 0 Å². The third kappa shape index (κ3) is 5.20. The van der Waals surface area contributed by atoms with E-state index in [-0.39, 0.29) is 0 Å². The predicted molar refractivity (Wildman–Crippen MR) is 116 cm³/mol. The molecule has 0 aromatic heterocycles. The van der Waals surface area contributed by atoms with Gasteiger partial charge in [0.1, 0.15) is 0 Å². The van der Waals surface area contributed by atoms with Crippen LogP contribution in [0.4, 0.5) is 0 Å². The van der Waals surface area contributed by atoms with Gasteiger partial charge in [-0.1, -0.05) is 55.4 Å². The first-order chi connectivity index (χ1) is 11.5. The van der Waals surface area contributed by atoms with Gasteiger partial charge in [0.25, 0.3) is 0 Å². The fourth-order valence-corrected chi connectivity index (χ4v) is 7.62. The smallest absolute Gasteiger partial charge is 0.0163 e. The van der Waals surface area contributed by atoms with Crippen LogP contribution in [0.15, 0.2) is 0 Å². The molecule has 0 atom stereocenters. The molecule has 0 radical (unpaired) electrons. The Hall–Kier alpha value is 0.350. The molecule has 25 heavy (non-hydrogen) atoms. The summed E-state index contributed by atoms with van der Waals surface area (Å²) >= 11 is 2.46. The van der Waals surface area contributed by atoms with Crippen LogP contribution in [0.25, 0.3) is 0 Å². The lowest BCUT2D eigenvalue weighted by Gasteiger charge is -2.51. The molecule has 1 heteroatoms. The maximum atomic E-state index is 2.47. The lowest BCUT2D eigenvalue weighted by molar-refractivity contribution is 0.151. The first-order valence-electron chi connectivity index (χ1n) is 11.2. The lowest BCUT2D eigenvalue weighted by atomic mass is 9.68. The Kier molecular flexibility index (Phi) is 6.72. The van der Waals surface area contributed by atoms with Crippen molar-refractivity contribution in [2.45, 2.75) is 129 Å². The average Bonchev–Trinajstić information content (AvgIpc) is 2.54. The molecule has 0 aliphatic heterocycles. The van der Waals surface area contributed by atoms with Crippen molar-refractivity contribution in [3.8, 4) is 0 Å². The molecule has 148 valence electrons. The Morgan fingerprint density at radius 2 is 0.920 bits per heavy atom. The molecular weight excluding hydrogens is 320 g/mol. The monoisotopic (exact) mass is 366 g/mol. The minimum Gasteiger partial charge on any atom is -0.148 e. The second-order valence-corrected chi connectivity index (χ2v) is 13.4. The highest BCUT2D eigenvalue weighted by atomic mass is 32.2. The van der Waals surface area contributed by atoms with E-state index in [0.717, 1.165) is 11.8 Å². The number of hydrogen-bond donors (Lipinski definition) is 0. The van der Waals surface area contributed by atoms with Gasteiger partial charge in [-0.2, -0.15) is 0 Å². The Balaban J connectivity index is 2.03. The van der Waals surface area contributed by atoms with E-state index in [9.17, 15) is 0 Å². The van der Waals surface area contributed by atoms with Crippen LogP contribution >= 0.6 is 11.8 Å². The van der Waals surface area contributed by atoms with Gasteiger partial charge in [-0.25, -0.2) is 0 Å². The standard InChI is InChI=1S/C24H46S/c1-9-23(15-11-19(12-16-23)21(3,4)5)25-24(10-2)17-13-20(14-18-24)22(6,7)8/h19-20H,9-18H2,1-8H3. The van der Waals surface area contributed by atoms with Gasteiger partial charge in [0, 0.05) is 9.49 Å². The highest BCUT2D eigenvalue weighted by molar-refractivity contribution is 8.02. The zero-order chi connectivity index (χ0) is 18.9. The van der Waals surface area contributed by atoms with Gasteiger partial charge in [0.15, 0.2) is 0 Å². The van der Waals surface area contributed by atoms with Crippen LogP contribution in [-0.2, 0) is 0 Å². The molecule has 0 unspecified atom stereocenters. The summed E-state index contributed by atoms with van der Waals surface area (Å²) in [5.74, 6) is 1.86. The Labute approximate surface area is 163 Å². The van der Waals surface area contributed by atoms with Gasteiger partial charge in [0.05, 0.1) is 0 Å². The topological polar surface area (TPSA) is 0 Å². The molecular formula is C24H46S. The summed E-state index contributed by atoms with van der Waals surface area (Å²) in [6.07, 6.45) is 14.4. The van der Waals surface area contributed by atoms with Crippen LogP contribution in [0.3, 0.4) is 0 Å². The summed E-state index contributed by atoms with van der Waals surface area (Å²) in [6.45, 7) is 19.6. The maximum absolute atomic E-state index is 2.47. The van der Waals surface area contributed by atoms with Crippen LogP contribution in [0.1, 0.15) is 120 Å². The Bertz CT molecular complexity index is 366. The number of rotatable bonds is 4. The molecule has 2 rings (SSSR count). The Morgan fingerprint density at radius 3 is 1.12 bits per heavy atom. The molecule has 0 nitrogen and oxygen atoms in total. The van der Waals surface area contributed by atoms with Crippen molar-refractivity contribution in [2.24, 2.45) is 22.7 Å². The van der Waals surface area contributed by atoms with Gasteiger partial charge in [-0.05, 0) is 86.9 Å². The van der Waals surface area contributed by atoms with Gasteiger partial charge >= 0.3 is 0 Å². The predicted octanol–water partition coefficient (Wildman–Crippen LogP) is 8.49. The lowest BCUT2D eigenvalue weighted by Crippen LogP contribution is -2.42. The van der Waals surface area contributed by atoms with Crippen molar-refractivity contribution >= 4 is 11.8 Å². The number of thioether (sulfide) groups is 1. The molecule has 0 N–H and O–H groups in total. The minimum absolute atomic E-state index is 0.498. The van der Waals surface area contributed by atoms with E-state index in [1.807, 2.05) is 0 Å². The highest BCUT2D eigenvalue weighted by Crippen LogP contribution is 2.57. The fourth-order valence-electron chi connectivity index (χ4n) is 5.53. The molecule has 2 aliphatic carbocycles. The molecule has 0 aromatic rings. The molecule has 0 heterocycles. The van der Waals surface area contributed by atoms with Crippen LogP contribution in [-0.4, -0.2) is 9.49 Å². The van der Waals surface area contributed by atoms with Gasteiger partial charge in [-0.3, -0.25) is 0 Å². The SMILES string of the molecule is CCC1(SC2(CC)CCC(C(C)(C)C)CC2)CCC(C(C)(C)C)CC1. The van der Waals surface area contributed by atoms with Crippen LogP contribution in [0.2, 0.25) is 0 Å². The average molecular weight is 367 g/mol. The van der Waals surface area contributed by atoms with Gasteiger partial charge in [-0.15, -0.1) is 11.8 Å².